The number of halogens is 2. The van der Waals surface area contributed by atoms with Gasteiger partial charge in [-0.25, -0.2) is 13.8 Å². The zero-order valence-electron chi connectivity index (χ0n) is 9.95. The summed E-state index contributed by atoms with van der Waals surface area (Å²) >= 11 is 0. The van der Waals surface area contributed by atoms with E-state index in [0.29, 0.717) is 17.6 Å². The second-order valence-electron chi connectivity index (χ2n) is 4.62. The molecule has 0 aliphatic heterocycles. The lowest BCUT2D eigenvalue weighted by atomic mass is 10.1. The van der Waals surface area contributed by atoms with Crippen molar-refractivity contribution in [2.24, 2.45) is 0 Å². The lowest BCUT2D eigenvalue weighted by Crippen LogP contribution is -2.02. The van der Waals surface area contributed by atoms with Crippen molar-refractivity contribution in [1.82, 2.24) is 9.55 Å². The Balaban J connectivity index is 2.14. The molecule has 3 nitrogen and oxygen atoms in total. The molecule has 0 saturated heterocycles. The highest BCUT2D eigenvalue weighted by molar-refractivity contribution is 5.71. The van der Waals surface area contributed by atoms with Crippen LogP contribution in [-0.4, -0.2) is 9.55 Å². The van der Waals surface area contributed by atoms with Crippen LogP contribution in [0.5, 0.6) is 0 Å². The zero-order chi connectivity index (χ0) is 12.9. The number of benzene rings is 1. The summed E-state index contributed by atoms with van der Waals surface area (Å²) in [5, 5.41) is 0. The molecule has 0 spiro atoms. The quantitative estimate of drug-likeness (QED) is 0.889. The summed E-state index contributed by atoms with van der Waals surface area (Å²) in [6, 6.07) is 3.82. The van der Waals surface area contributed by atoms with Gasteiger partial charge in [0, 0.05) is 17.7 Å². The highest BCUT2D eigenvalue weighted by Crippen LogP contribution is 2.41. The van der Waals surface area contributed by atoms with Crippen LogP contribution in [-0.2, 0) is 0 Å². The first-order valence-electron chi connectivity index (χ1n) is 5.87. The van der Waals surface area contributed by atoms with Crippen LogP contribution < -0.4 is 5.73 Å². The van der Waals surface area contributed by atoms with Crippen molar-refractivity contribution in [3.05, 3.63) is 35.7 Å². The third kappa shape index (κ3) is 1.66. The SMILES string of the molecule is Cc1nc(-c2ccc(F)cc2F)c(N)n1C1CC1. The Hall–Kier alpha value is -1.91. The van der Waals surface area contributed by atoms with Crippen LogP contribution in [0, 0.1) is 18.6 Å². The van der Waals surface area contributed by atoms with Gasteiger partial charge in [0.15, 0.2) is 0 Å². The molecule has 5 heteroatoms. The van der Waals surface area contributed by atoms with Crippen molar-refractivity contribution in [3.8, 4) is 11.3 Å². The number of aryl methyl sites for hydroxylation is 1. The molecule has 1 aliphatic carbocycles. The van der Waals surface area contributed by atoms with E-state index in [-0.39, 0.29) is 5.56 Å². The summed E-state index contributed by atoms with van der Waals surface area (Å²) in [5.74, 6) is -0.00968. The first-order chi connectivity index (χ1) is 8.58. The van der Waals surface area contributed by atoms with Crippen molar-refractivity contribution in [1.29, 1.82) is 0 Å². The van der Waals surface area contributed by atoms with Crippen molar-refractivity contribution < 1.29 is 8.78 Å². The average molecular weight is 249 g/mol. The van der Waals surface area contributed by atoms with E-state index in [2.05, 4.69) is 4.98 Å². The Morgan fingerprint density at radius 2 is 2.06 bits per heavy atom. The molecule has 1 fully saturated rings. The summed E-state index contributed by atoms with van der Waals surface area (Å²) < 4.78 is 28.5. The number of aromatic nitrogens is 2. The topological polar surface area (TPSA) is 43.8 Å². The Kier molecular flexibility index (Phi) is 2.36. The average Bonchev–Trinajstić information content (AvgIpc) is 3.07. The lowest BCUT2D eigenvalue weighted by Gasteiger charge is -2.05. The van der Waals surface area contributed by atoms with Gasteiger partial charge < -0.3 is 10.3 Å². The van der Waals surface area contributed by atoms with Gasteiger partial charge >= 0.3 is 0 Å². The number of hydrogen-bond donors (Lipinski definition) is 1. The number of anilines is 1. The van der Waals surface area contributed by atoms with Gasteiger partial charge in [0.25, 0.3) is 0 Å². The van der Waals surface area contributed by atoms with E-state index < -0.39 is 11.6 Å². The summed E-state index contributed by atoms with van der Waals surface area (Å²) in [6.07, 6.45) is 2.15. The standard InChI is InChI=1S/C13H13F2N3/c1-7-17-12(13(16)18(7)9-3-4-9)10-5-2-8(14)6-11(10)15/h2,5-6,9H,3-4,16H2,1H3. The summed E-state index contributed by atoms with van der Waals surface area (Å²) in [7, 11) is 0. The zero-order valence-corrected chi connectivity index (χ0v) is 9.95. The van der Waals surface area contributed by atoms with Gasteiger partial charge in [-0.1, -0.05) is 0 Å². The molecule has 1 aromatic carbocycles. The van der Waals surface area contributed by atoms with Crippen molar-refractivity contribution in [2.45, 2.75) is 25.8 Å². The number of nitrogens with two attached hydrogens (primary N) is 1. The molecule has 1 saturated carbocycles. The molecule has 0 unspecified atom stereocenters. The van der Waals surface area contributed by atoms with Crippen LogP contribution in [0.15, 0.2) is 18.2 Å². The number of imidazole rings is 1. The smallest absolute Gasteiger partial charge is 0.135 e. The lowest BCUT2D eigenvalue weighted by molar-refractivity contribution is 0.585. The number of nitrogen functional groups attached to an aromatic ring is 1. The molecule has 3 rings (SSSR count). The maximum absolute atomic E-state index is 13.7. The molecule has 0 atom stereocenters. The molecule has 18 heavy (non-hydrogen) atoms. The Morgan fingerprint density at radius 1 is 1.33 bits per heavy atom. The fourth-order valence-corrected chi connectivity index (χ4v) is 2.23. The van der Waals surface area contributed by atoms with Crippen molar-refractivity contribution in [3.63, 3.8) is 0 Å². The van der Waals surface area contributed by atoms with Gasteiger partial charge in [0.05, 0.1) is 0 Å². The molecule has 1 heterocycles. The summed E-state index contributed by atoms with van der Waals surface area (Å²) in [4.78, 5) is 4.31. The molecule has 0 amide bonds. The molecular formula is C13H13F2N3. The fraction of sp³-hybridized carbons (Fsp3) is 0.308. The van der Waals surface area contributed by atoms with Crippen LogP contribution in [0.3, 0.4) is 0 Å². The highest BCUT2D eigenvalue weighted by atomic mass is 19.1. The maximum Gasteiger partial charge on any atom is 0.135 e. The largest absolute Gasteiger partial charge is 0.383 e. The van der Waals surface area contributed by atoms with E-state index in [9.17, 15) is 8.78 Å². The van der Waals surface area contributed by atoms with E-state index in [0.717, 1.165) is 24.7 Å². The van der Waals surface area contributed by atoms with Gasteiger partial charge in [0.2, 0.25) is 0 Å². The van der Waals surface area contributed by atoms with Gasteiger partial charge in [-0.3, -0.25) is 0 Å². The second-order valence-corrected chi connectivity index (χ2v) is 4.62. The molecule has 2 aromatic rings. The van der Waals surface area contributed by atoms with Gasteiger partial charge in [0.1, 0.15) is 29.0 Å². The van der Waals surface area contributed by atoms with Crippen LogP contribution >= 0.6 is 0 Å². The van der Waals surface area contributed by atoms with Crippen LogP contribution in [0.4, 0.5) is 14.6 Å². The predicted molar refractivity (Wildman–Crippen MR) is 65.0 cm³/mol. The van der Waals surface area contributed by atoms with Crippen molar-refractivity contribution >= 4 is 5.82 Å². The molecule has 1 aliphatic rings. The minimum atomic E-state index is -0.637. The number of rotatable bonds is 2. The van der Waals surface area contributed by atoms with E-state index in [1.807, 2.05) is 11.5 Å². The Bertz CT molecular complexity index is 615. The van der Waals surface area contributed by atoms with E-state index in [1.54, 1.807) is 0 Å². The highest BCUT2D eigenvalue weighted by Gasteiger charge is 2.29. The number of hydrogen-bond acceptors (Lipinski definition) is 2. The minimum absolute atomic E-state index is 0.247. The second kappa shape index (κ2) is 3.80. The molecule has 0 radical (unpaired) electrons. The number of nitrogens with zero attached hydrogens (tertiary/aromatic N) is 2. The first kappa shape index (κ1) is 11.2. The maximum atomic E-state index is 13.7. The fourth-order valence-electron chi connectivity index (χ4n) is 2.23. The van der Waals surface area contributed by atoms with E-state index >= 15 is 0 Å². The Morgan fingerprint density at radius 3 is 2.67 bits per heavy atom. The van der Waals surface area contributed by atoms with Crippen LogP contribution in [0.1, 0.15) is 24.7 Å². The van der Waals surface area contributed by atoms with Crippen LogP contribution in [0.2, 0.25) is 0 Å². The normalized spacial score (nSPS) is 15.1. The molecule has 0 bridgehead atoms. The Labute approximate surface area is 103 Å². The molecule has 1 aromatic heterocycles. The molecule has 2 N–H and O–H groups in total. The first-order valence-corrected chi connectivity index (χ1v) is 5.87. The molecule has 94 valence electrons. The third-order valence-corrected chi connectivity index (χ3v) is 3.22. The van der Waals surface area contributed by atoms with Crippen LogP contribution in [0.25, 0.3) is 11.3 Å². The predicted octanol–water partition coefficient (Wildman–Crippen LogP) is 3.05. The van der Waals surface area contributed by atoms with E-state index in [4.69, 9.17) is 5.73 Å². The summed E-state index contributed by atoms with van der Waals surface area (Å²) in [6.45, 7) is 1.85. The van der Waals surface area contributed by atoms with Crippen molar-refractivity contribution in [2.75, 3.05) is 5.73 Å². The minimum Gasteiger partial charge on any atom is -0.383 e. The monoisotopic (exact) mass is 249 g/mol. The summed E-state index contributed by atoms with van der Waals surface area (Å²) in [5.41, 5.74) is 6.67. The third-order valence-electron chi connectivity index (χ3n) is 3.22. The van der Waals surface area contributed by atoms with Gasteiger partial charge in [-0.2, -0.15) is 0 Å². The van der Waals surface area contributed by atoms with Gasteiger partial charge in [-0.05, 0) is 31.9 Å². The van der Waals surface area contributed by atoms with Gasteiger partial charge in [-0.15, -0.1) is 0 Å². The van der Waals surface area contributed by atoms with E-state index in [1.165, 1.54) is 12.1 Å². The molecular weight excluding hydrogens is 236 g/mol.